The topological polar surface area (TPSA) is 76.0 Å². The number of carbonyl (C=O) groups is 1. The van der Waals surface area contributed by atoms with Gasteiger partial charge in [0.2, 0.25) is 0 Å². The second kappa shape index (κ2) is 9.95. The van der Waals surface area contributed by atoms with Crippen LogP contribution < -0.4 is 0 Å². The van der Waals surface area contributed by atoms with Gasteiger partial charge in [-0.1, -0.05) is 60.7 Å². The molecule has 0 aromatic heterocycles. The molecule has 2 aromatic carbocycles. The first kappa shape index (κ1) is 18.3. The lowest BCUT2D eigenvalue weighted by molar-refractivity contribution is -0.140. The fourth-order valence-corrected chi connectivity index (χ4v) is 2.17. The number of ether oxygens (including phenoxy) is 2. The summed E-state index contributed by atoms with van der Waals surface area (Å²) in [5.74, 6) is 0. The molecule has 0 aliphatic heterocycles. The van der Waals surface area contributed by atoms with Crippen molar-refractivity contribution in [3.63, 3.8) is 0 Å². The van der Waals surface area contributed by atoms with E-state index >= 15 is 0 Å². The van der Waals surface area contributed by atoms with Gasteiger partial charge in [-0.2, -0.15) is 0 Å². The summed E-state index contributed by atoms with van der Waals surface area (Å²) in [6.07, 6.45) is -3.17. The standard InChI is InChI=1S/C19H22O5/c20-11-18(24-13-16-9-5-2-6-10-16)19(22)17(21)14-23-12-15-7-3-1-4-8-15/h1-11,17-19,21-22H,12-14H2/t17-,18-,19-/m1/s1. The first-order chi connectivity index (χ1) is 11.7. The van der Waals surface area contributed by atoms with Gasteiger partial charge in [-0.15, -0.1) is 0 Å². The van der Waals surface area contributed by atoms with Crippen molar-refractivity contribution >= 4 is 6.29 Å². The van der Waals surface area contributed by atoms with E-state index in [-0.39, 0.29) is 13.2 Å². The molecular weight excluding hydrogens is 308 g/mol. The molecule has 0 aliphatic carbocycles. The molecule has 0 saturated carbocycles. The first-order valence-corrected chi connectivity index (χ1v) is 7.79. The first-order valence-electron chi connectivity index (χ1n) is 7.79. The lowest BCUT2D eigenvalue weighted by Crippen LogP contribution is -2.42. The van der Waals surface area contributed by atoms with Gasteiger partial charge >= 0.3 is 0 Å². The zero-order chi connectivity index (χ0) is 17.2. The molecule has 0 radical (unpaired) electrons. The van der Waals surface area contributed by atoms with E-state index in [9.17, 15) is 15.0 Å². The van der Waals surface area contributed by atoms with E-state index in [1.54, 1.807) is 0 Å². The van der Waals surface area contributed by atoms with Gasteiger partial charge in [-0.3, -0.25) is 0 Å². The van der Waals surface area contributed by atoms with Crippen molar-refractivity contribution in [2.45, 2.75) is 31.5 Å². The summed E-state index contributed by atoms with van der Waals surface area (Å²) in [6.45, 7) is 0.412. The van der Waals surface area contributed by atoms with Crippen LogP contribution in [0, 0.1) is 0 Å². The molecule has 5 nitrogen and oxygen atoms in total. The Morgan fingerprint density at radius 2 is 1.42 bits per heavy atom. The van der Waals surface area contributed by atoms with Gasteiger partial charge in [0.25, 0.3) is 0 Å². The van der Waals surface area contributed by atoms with E-state index in [4.69, 9.17) is 9.47 Å². The summed E-state index contributed by atoms with van der Waals surface area (Å²) in [5.41, 5.74) is 1.85. The van der Waals surface area contributed by atoms with Crippen molar-refractivity contribution in [1.82, 2.24) is 0 Å². The average Bonchev–Trinajstić information content (AvgIpc) is 2.63. The highest BCUT2D eigenvalue weighted by Gasteiger charge is 2.27. The van der Waals surface area contributed by atoms with Crippen LogP contribution in [0.15, 0.2) is 60.7 Å². The van der Waals surface area contributed by atoms with Crippen molar-refractivity contribution in [3.8, 4) is 0 Å². The second-order valence-electron chi connectivity index (χ2n) is 5.46. The van der Waals surface area contributed by atoms with Crippen LogP contribution in [-0.2, 0) is 27.5 Å². The third-order valence-corrected chi connectivity index (χ3v) is 3.55. The van der Waals surface area contributed by atoms with E-state index in [1.165, 1.54) is 0 Å². The Labute approximate surface area is 141 Å². The van der Waals surface area contributed by atoms with Crippen molar-refractivity contribution < 1.29 is 24.5 Å². The van der Waals surface area contributed by atoms with Crippen LogP contribution in [-0.4, -0.2) is 41.4 Å². The maximum Gasteiger partial charge on any atom is 0.151 e. The lowest BCUT2D eigenvalue weighted by Gasteiger charge is -2.23. The monoisotopic (exact) mass is 330 g/mol. The maximum absolute atomic E-state index is 11.1. The number of aliphatic hydroxyl groups excluding tert-OH is 2. The van der Waals surface area contributed by atoms with Crippen LogP contribution in [0.4, 0.5) is 0 Å². The maximum atomic E-state index is 11.1. The lowest BCUT2D eigenvalue weighted by atomic mass is 10.1. The van der Waals surface area contributed by atoms with Gasteiger partial charge in [0.05, 0.1) is 19.8 Å². The van der Waals surface area contributed by atoms with E-state index in [1.807, 2.05) is 60.7 Å². The van der Waals surface area contributed by atoms with Crippen molar-refractivity contribution in [3.05, 3.63) is 71.8 Å². The normalized spacial score (nSPS) is 14.8. The highest BCUT2D eigenvalue weighted by molar-refractivity contribution is 5.57. The van der Waals surface area contributed by atoms with Gasteiger partial charge in [0, 0.05) is 0 Å². The molecule has 5 heteroatoms. The summed E-state index contributed by atoms with van der Waals surface area (Å²) < 4.78 is 10.8. The Morgan fingerprint density at radius 3 is 1.96 bits per heavy atom. The number of hydrogen-bond donors (Lipinski definition) is 2. The summed E-state index contributed by atoms with van der Waals surface area (Å²) in [5, 5.41) is 20.0. The fraction of sp³-hybridized carbons (Fsp3) is 0.316. The van der Waals surface area contributed by atoms with Crippen LogP contribution in [0.25, 0.3) is 0 Å². The van der Waals surface area contributed by atoms with Gasteiger partial charge in [0.15, 0.2) is 6.29 Å². The quantitative estimate of drug-likeness (QED) is 0.649. The van der Waals surface area contributed by atoms with Gasteiger partial charge in [-0.25, -0.2) is 0 Å². The Balaban J connectivity index is 1.76. The summed E-state index contributed by atoms with van der Waals surface area (Å²) in [4.78, 5) is 11.1. The predicted octanol–water partition coefficient (Wildman–Crippen LogP) is 1.71. The summed E-state index contributed by atoms with van der Waals surface area (Å²) in [7, 11) is 0. The molecule has 0 unspecified atom stereocenters. The Kier molecular flexibility index (Phi) is 7.58. The fourth-order valence-electron chi connectivity index (χ4n) is 2.17. The predicted molar refractivity (Wildman–Crippen MR) is 89.2 cm³/mol. The SMILES string of the molecule is O=C[C@@H](OCc1ccccc1)[C@H](O)[C@H](O)COCc1ccccc1. The van der Waals surface area contributed by atoms with E-state index in [0.717, 1.165) is 11.1 Å². The van der Waals surface area contributed by atoms with Crippen LogP contribution in [0.3, 0.4) is 0 Å². The number of aliphatic hydroxyl groups is 2. The smallest absolute Gasteiger partial charge is 0.151 e. The minimum atomic E-state index is -1.35. The Bertz CT molecular complexity index is 587. The van der Waals surface area contributed by atoms with Gasteiger partial charge in [-0.05, 0) is 11.1 Å². The minimum absolute atomic E-state index is 0.0882. The number of aldehydes is 1. The molecule has 0 heterocycles. The van der Waals surface area contributed by atoms with Gasteiger partial charge in [0.1, 0.15) is 18.3 Å². The summed E-state index contributed by atoms with van der Waals surface area (Å²) in [6, 6.07) is 18.8. The molecule has 0 aliphatic rings. The number of carbonyl (C=O) groups excluding carboxylic acids is 1. The van der Waals surface area contributed by atoms with Gasteiger partial charge < -0.3 is 24.5 Å². The van der Waals surface area contributed by atoms with Crippen LogP contribution >= 0.6 is 0 Å². The molecule has 3 atom stereocenters. The molecule has 2 rings (SSSR count). The molecular formula is C19H22O5. The highest BCUT2D eigenvalue weighted by Crippen LogP contribution is 2.09. The molecule has 0 saturated heterocycles. The Hall–Kier alpha value is -2.05. The minimum Gasteiger partial charge on any atom is -0.388 e. The molecule has 0 bridgehead atoms. The number of hydrogen-bond acceptors (Lipinski definition) is 5. The summed E-state index contributed by atoms with van der Waals surface area (Å²) >= 11 is 0. The van der Waals surface area contributed by atoms with Crippen LogP contribution in [0.5, 0.6) is 0 Å². The highest BCUT2D eigenvalue weighted by atomic mass is 16.5. The third kappa shape index (κ3) is 5.86. The molecule has 2 aromatic rings. The van der Waals surface area contributed by atoms with Crippen LogP contribution in [0.2, 0.25) is 0 Å². The largest absolute Gasteiger partial charge is 0.388 e. The van der Waals surface area contributed by atoms with Crippen molar-refractivity contribution in [2.75, 3.05) is 6.61 Å². The zero-order valence-electron chi connectivity index (χ0n) is 13.3. The molecule has 128 valence electrons. The Morgan fingerprint density at radius 1 is 0.875 bits per heavy atom. The van der Waals surface area contributed by atoms with E-state index < -0.39 is 18.3 Å². The molecule has 2 N–H and O–H groups in total. The van der Waals surface area contributed by atoms with Crippen molar-refractivity contribution in [1.29, 1.82) is 0 Å². The molecule has 0 spiro atoms. The van der Waals surface area contributed by atoms with E-state index in [2.05, 4.69) is 0 Å². The van der Waals surface area contributed by atoms with Crippen molar-refractivity contribution in [2.24, 2.45) is 0 Å². The van der Waals surface area contributed by atoms with E-state index in [0.29, 0.717) is 12.9 Å². The average molecular weight is 330 g/mol. The zero-order valence-corrected chi connectivity index (χ0v) is 13.3. The number of benzene rings is 2. The molecule has 24 heavy (non-hydrogen) atoms. The molecule has 0 amide bonds. The number of rotatable bonds is 10. The van der Waals surface area contributed by atoms with Crippen LogP contribution in [0.1, 0.15) is 11.1 Å². The third-order valence-electron chi connectivity index (χ3n) is 3.55. The molecule has 0 fully saturated rings. The second-order valence-corrected chi connectivity index (χ2v) is 5.46.